The van der Waals surface area contributed by atoms with Crippen LogP contribution in [-0.2, 0) is 0 Å². The van der Waals surface area contributed by atoms with Gasteiger partial charge < -0.3 is 29.9 Å². The number of nitrogens with zero attached hydrogens (tertiary/aromatic N) is 5. The molecular formula is C29H39FN6O4. The smallest absolute Gasteiger partial charge is 0.404 e. The van der Waals surface area contributed by atoms with Crippen molar-refractivity contribution in [3.63, 3.8) is 0 Å². The molecule has 216 valence electrons. The number of carbonyl (C=O) groups excluding carboxylic acids is 1. The molecule has 1 saturated carbocycles. The average molecular weight is 555 g/mol. The van der Waals surface area contributed by atoms with Gasteiger partial charge in [0, 0.05) is 50.7 Å². The molecule has 3 fully saturated rings. The molecule has 1 aliphatic carbocycles. The van der Waals surface area contributed by atoms with Crippen LogP contribution in [0.5, 0.6) is 11.5 Å². The van der Waals surface area contributed by atoms with Crippen molar-refractivity contribution in [1.82, 2.24) is 25.1 Å². The Morgan fingerprint density at radius 3 is 2.58 bits per heavy atom. The molecule has 1 spiro atoms. The van der Waals surface area contributed by atoms with Crippen molar-refractivity contribution in [1.29, 1.82) is 0 Å². The second kappa shape index (κ2) is 11.6. The van der Waals surface area contributed by atoms with Crippen LogP contribution in [0.25, 0.3) is 0 Å². The highest BCUT2D eigenvalue weighted by Gasteiger charge is 2.52. The van der Waals surface area contributed by atoms with Crippen LogP contribution in [0.2, 0.25) is 0 Å². The third-order valence-corrected chi connectivity index (χ3v) is 8.64. The summed E-state index contributed by atoms with van der Waals surface area (Å²) in [7, 11) is 1.69. The number of hydrogen-bond donors (Lipinski definition) is 2. The molecule has 2 aromatic rings. The van der Waals surface area contributed by atoms with Crippen molar-refractivity contribution in [2.24, 2.45) is 11.3 Å². The van der Waals surface area contributed by atoms with Crippen molar-refractivity contribution >= 4 is 17.8 Å². The van der Waals surface area contributed by atoms with Crippen LogP contribution in [-0.4, -0.2) is 88.7 Å². The van der Waals surface area contributed by atoms with Crippen molar-refractivity contribution in [3.8, 4) is 11.5 Å². The van der Waals surface area contributed by atoms with Crippen LogP contribution in [0.15, 0.2) is 30.7 Å². The first-order chi connectivity index (χ1) is 19.1. The summed E-state index contributed by atoms with van der Waals surface area (Å²) in [5, 5.41) is 11.5. The van der Waals surface area contributed by atoms with Gasteiger partial charge in [-0.15, -0.1) is 0 Å². The summed E-state index contributed by atoms with van der Waals surface area (Å²) in [5.41, 5.74) is 0.412. The Balaban J connectivity index is 1.14. The number of likely N-dealkylation sites (tertiary alicyclic amines) is 1. The number of rotatable bonds is 9. The third-order valence-electron chi connectivity index (χ3n) is 8.64. The van der Waals surface area contributed by atoms with Crippen LogP contribution in [0.1, 0.15) is 56.3 Å². The fourth-order valence-electron chi connectivity index (χ4n) is 6.23. The normalized spacial score (nSPS) is 22.0. The summed E-state index contributed by atoms with van der Waals surface area (Å²) in [5.74, 6) is 1.24. The first-order valence-electron chi connectivity index (χ1n) is 14.1. The van der Waals surface area contributed by atoms with E-state index in [1.165, 1.54) is 24.5 Å². The highest BCUT2D eigenvalue weighted by Crippen LogP contribution is 2.44. The number of anilines is 1. The Morgan fingerprint density at radius 1 is 1.18 bits per heavy atom. The number of carboxylic acid groups (broad SMARTS) is 1. The monoisotopic (exact) mass is 554 g/mol. The minimum atomic E-state index is -0.922. The Bertz CT molecular complexity index is 1220. The summed E-state index contributed by atoms with van der Waals surface area (Å²) in [6.45, 7) is 8.72. The predicted octanol–water partition coefficient (Wildman–Crippen LogP) is 4.23. The van der Waals surface area contributed by atoms with Crippen molar-refractivity contribution in [2.75, 3.05) is 44.7 Å². The van der Waals surface area contributed by atoms with Gasteiger partial charge in [0.1, 0.15) is 17.9 Å². The fraction of sp³-hybridized carbons (Fsp3) is 0.586. The van der Waals surface area contributed by atoms with Gasteiger partial charge in [-0.3, -0.25) is 4.79 Å². The van der Waals surface area contributed by atoms with Gasteiger partial charge in [0.2, 0.25) is 0 Å². The minimum absolute atomic E-state index is 0.0466. The van der Waals surface area contributed by atoms with Gasteiger partial charge >= 0.3 is 6.09 Å². The van der Waals surface area contributed by atoms with Gasteiger partial charge in [0.25, 0.3) is 5.91 Å². The standard InChI is InChI=1S/C29H39FN6O4/c1-19(2)34(3)27(37)23-12-21(30)6-9-24(23)40-25-13-31-18-32-26(25)36-16-29(17-36)14-35(15-29)11-10-20-4-7-22(8-5-20)33-28(38)39/h6,9,12-13,18-20,22,33H,4-5,7-8,10-11,14-17H2,1-3H3,(H,38,39)/t20-,22-. The molecule has 10 nitrogen and oxygen atoms in total. The number of ether oxygens (including phenoxy) is 1. The quantitative estimate of drug-likeness (QED) is 0.474. The number of hydrogen-bond acceptors (Lipinski definition) is 7. The second-order valence-corrected chi connectivity index (χ2v) is 12.0. The lowest BCUT2D eigenvalue weighted by Crippen LogP contribution is -2.72. The number of amides is 2. The molecule has 1 aromatic heterocycles. The maximum atomic E-state index is 14.1. The number of halogens is 1. The zero-order valence-corrected chi connectivity index (χ0v) is 23.5. The lowest BCUT2D eigenvalue weighted by molar-refractivity contribution is -0.0257. The molecular weight excluding hydrogens is 515 g/mol. The lowest BCUT2D eigenvalue weighted by Gasteiger charge is -2.61. The molecule has 0 bridgehead atoms. The summed E-state index contributed by atoms with van der Waals surface area (Å²) < 4.78 is 20.2. The van der Waals surface area contributed by atoms with Gasteiger partial charge in [-0.1, -0.05) is 0 Å². The molecule has 1 aromatic carbocycles. The molecule has 0 radical (unpaired) electrons. The number of nitrogens with one attached hydrogen (secondary N) is 1. The molecule has 0 unspecified atom stereocenters. The fourth-order valence-corrected chi connectivity index (χ4v) is 6.23. The van der Waals surface area contributed by atoms with E-state index in [-0.39, 0.29) is 34.7 Å². The van der Waals surface area contributed by atoms with Crippen LogP contribution in [0.3, 0.4) is 0 Å². The molecule has 3 heterocycles. The summed E-state index contributed by atoms with van der Waals surface area (Å²) in [4.78, 5) is 38.7. The minimum Gasteiger partial charge on any atom is -0.465 e. The zero-order chi connectivity index (χ0) is 28.4. The zero-order valence-electron chi connectivity index (χ0n) is 23.5. The molecule has 5 rings (SSSR count). The highest BCUT2D eigenvalue weighted by molar-refractivity contribution is 5.97. The first-order valence-corrected chi connectivity index (χ1v) is 14.1. The summed E-state index contributed by atoms with van der Waals surface area (Å²) in [6.07, 6.45) is 7.35. The van der Waals surface area contributed by atoms with Gasteiger partial charge in [-0.2, -0.15) is 0 Å². The van der Waals surface area contributed by atoms with Gasteiger partial charge in [-0.25, -0.2) is 19.2 Å². The van der Waals surface area contributed by atoms with Gasteiger partial charge in [0.15, 0.2) is 11.6 Å². The van der Waals surface area contributed by atoms with E-state index < -0.39 is 11.9 Å². The average Bonchev–Trinajstić information content (AvgIpc) is 2.88. The van der Waals surface area contributed by atoms with Crippen LogP contribution >= 0.6 is 0 Å². The maximum absolute atomic E-state index is 14.1. The Morgan fingerprint density at radius 2 is 1.90 bits per heavy atom. The lowest BCUT2D eigenvalue weighted by atomic mass is 9.72. The summed E-state index contributed by atoms with van der Waals surface area (Å²) in [6, 6.07) is 4.03. The van der Waals surface area contributed by atoms with Crippen molar-refractivity contribution < 1.29 is 23.8 Å². The maximum Gasteiger partial charge on any atom is 0.404 e. The van der Waals surface area contributed by atoms with Crippen LogP contribution in [0, 0.1) is 17.2 Å². The van der Waals surface area contributed by atoms with E-state index in [9.17, 15) is 14.0 Å². The first kappa shape index (κ1) is 28.1. The topological polar surface area (TPSA) is 111 Å². The molecule has 0 atom stereocenters. The molecule has 2 aliphatic heterocycles. The Kier molecular flexibility index (Phi) is 8.11. The molecule has 3 aliphatic rings. The van der Waals surface area contributed by atoms with E-state index in [1.54, 1.807) is 18.1 Å². The van der Waals surface area contributed by atoms with Crippen LogP contribution in [0.4, 0.5) is 15.0 Å². The van der Waals surface area contributed by atoms with Gasteiger partial charge in [-0.05, 0) is 76.6 Å². The Labute approximate surface area is 234 Å². The van der Waals surface area contributed by atoms with E-state index in [0.29, 0.717) is 17.5 Å². The largest absolute Gasteiger partial charge is 0.465 e. The van der Waals surface area contributed by atoms with Gasteiger partial charge in [0.05, 0.1) is 11.8 Å². The van der Waals surface area contributed by atoms with Crippen molar-refractivity contribution in [2.45, 2.75) is 58.0 Å². The predicted molar refractivity (Wildman–Crippen MR) is 148 cm³/mol. The molecule has 2 amide bonds. The van der Waals surface area contributed by atoms with Crippen molar-refractivity contribution in [3.05, 3.63) is 42.1 Å². The molecule has 2 N–H and O–H groups in total. The van der Waals surface area contributed by atoms with Crippen LogP contribution < -0.4 is 15.0 Å². The molecule has 40 heavy (non-hydrogen) atoms. The van der Waals surface area contributed by atoms with E-state index in [4.69, 9.17) is 9.84 Å². The second-order valence-electron chi connectivity index (χ2n) is 12.0. The van der Waals surface area contributed by atoms with E-state index >= 15 is 0 Å². The van der Waals surface area contributed by atoms with E-state index in [1.807, 2.05) is 13.8 Å². The number of carbonyl (C=O) groups is 2. The summed E-state index contributed by atoms with van der Waals surface area (Å²) >= 11 is 0. The SMILES string of the molecule is CC(C)N(C)C(=O)c1cc(F)ccc1Oc1cncnc1N1CC2(CN(CC[C@H]3CC[C@H](NC(=O)O)CC3)C2)C1. The molecule has 2 saturated heterocycles. The number of aromatic nitrogens is 2. The molecule has 11 heteroatoms. The Hall–Kier alpha value is -3.47. The third kappa shape index (κ3) is 6.14. The van der Waals surface area contributed by atoms with E-state index in [0.717, 1.165) is 64.8 Å². The highest BCUT2D eigenvalue weighted by atomic mass is 19.1. The number of benzene rings is 1. The van der Waals surface area contributed by atoms with E-state index in [2.05, 4.69) is 25.1 Å².